The van der Waals surface area contributed by atoms with E-state index < -0.39 is 11.9 Å². The van der Waals surface area contributed by atoms with E-state index >= 15 is 0 Å². The van der Waals surface area contributed by atoms with E-state index in [0.717, 1.165) is 22.5 Å². The minimum atomic E-state index is -0.551. The molecule has 0 bridgehead atoms. The molecule has 0 saturated carbocycles. The van der Waals surface area contributed by atoms with E-state index in [1.807, 2.05) is 31.2 Å². The van der Waals surface area contributed by atoms with Gasteiger partial charge in [-0.3, -0.25) is 0 Å². The standard InChI is InChI=1S/C22H26O5S2/c1-12(2)25-21(23)19-15(6)18(20(29-19)22(24)26-13(3)4)27-17(28)11-16-9-7-14(5)8-10-16/h7-10,12-13H,11H2,1-6H3. The van der Waals surface area contributed by atoms with Crippen molar-refractivity contribution in [2.75, 3.05) is 0 Å². The molecule has 156 valence electrons. The quantitative estimate of drug-likeness (QED) is 0.427. The lowest BCUT2D eigenvalue weighted by Gasteiger charge is -2.11. The van der Waals surface area contributed by atoms with Crippen LogP contribution >= 0.6 is 23.6 Å². The molecular weight excluding hydrogens is 408 g/mol. The van der Waals surface area contributed by atoms with Crippen LogP contribution in [-0.2, 0) is 15.9 Å². The van der Waals surface area contributed by atoms with Gasteiger partial charge in [0.25, 0.3) is 0 Å². The van der Waals surface area contributed by atoms with Crippen molar-refractivity contribution >= 4 is 40.5 Å². The molecule has 0 amide bonds. The number of carbonyl (C=O) groups excluding carboxylic acids is 2. The lowest BCUT2D eigenvalue weighted by atomic mass is 10.1. The number of ether oxygens (including phenoxy) is 3. The Morgan fingerprint density at radius 1 is 0.931 bits per heavy atom. The number of carbonyl (C=O) groups is 2. The number of aryl methyl sites for hydroxylation is 1. The van der Waals surface area contributed by atoms with Gasteiger partial charge in [-0.25, -0.2) is 9.59 Å². The molecule has 0 unspecified atom stereocenters. The molecule has 0 spiro atoms. The van der Waals surface area contributed by atoms with Gasteiger partial charge in [-0.2, -0.15) is 0 Å². The summed E-state index contributed by atoms with van der Waals surface area (Å²) < 4.78 is 16.5. The molecule has 0 aliphatic carbocycles. The molecule has 29 heavy (non-hydrogen) atoms. The van der Waals surface area contributed by atoms with Gasteiger partial charge in [0.1, 0.15) is 4.88 Å². The molecular formula is C22H26O5S2. The Morgan fingerprint density at radius 3 is 1.97 bits per heavy atom. The summed E-state index contributed by atoms with van der Waals surface area (Å²) in [5, 5.41) is 0.303. The second kappa shape index (κ2) is 9.98. The highest BCUT2D eigenvalue weighted by molar-refractivity contribution is 7.80. The lowest BCUT2D eigenvalue weighted by Crippen LogP contribution is -2.14. The molecule has 2 rings (SSSR count). The van der Waals surface area contributed by atoms with Gasteiger partial charge >= 0.3 is 11.9 Å². The number of hydrogen-bond donors (Lipinski definition) is 0. The first kappa shape index (κ1) is 23.0. The Balaban J connectivity index is 2.32. The van der Waals surface area contributed by atoms with Crippen molar-refractivity contribution < 1.29 is 23.8 Å². The van der Waals surface area contributed by atoms with E-state index in [2.05, 4.69) is 0 Å². The maximum Gasteiger partial charge on any atom is 0.352 e. The molecule has 1 aromatic heterocycles. The first-order chi connectivity index (χ1) is 13.6. The molecule has 0 saturated heterocycles. The van der Waals surface area contributed by atoms with Crippen LogP contribution < -0.4 is 4.74 Å². The number of rotatable bonds is 7. The highest BCUT2D eigenvalue weighted by Crippen LogP contribution is 2.37. The Kier molecular flexibility index (Phi) is 7.93. The van der Waals surface area contributed by atoms with E-state index in [1.165, 1.54) is 0 Å². The lowest BCUT2D eigenvalue weighted by molar-refractivity contribution is 0.0372. The topological polar surface area (TPSA) is 61.8 Å². The van der Waals surface area contributed by atoms with Crippen molar-refractivity contribution in [3.05, 3.63) is 50.7 Å². The van der Waals surface area contributed by atoms with Gasteiger partial charge in [-0.05, 0) is 59.3 Å². The normalized spacial score (nSPS) is 10.9. The van der Waals surface area contributed by atoms with E-state index in [1.54, 1.807) is 34.6 Å². The second-order valence-electron chi connectivity index (χ2n) is 7.26. The van der Waals surface area contributed by atoms with E-state index in [4.69, 9.17) is 26.4 Å². The number of thiocarbonyl (C=S) groups is 1. The fourth-order valence-electron chi connectivity index (χ4n) is 2.51. The number of hydrogen-bond acceptors (Lipinski definition) is 7. The van der Waals surface area contributed by atoms with Gasteiger partial charge in [0.05, 0.1) is 12.2 Å². The maximum absolute atomic E-state index is 12.6. The summed E-state index contributed by atoms with van der Waals surface area (Å²) in [7, 11) is 0. The fraction of sp³-hybridized carbons (Fsp3) is 0.409. The molecule has 0 fully saturated rings. The third-order valence-electron chi connectivity index (χ3n) is 3.83. The number of esters is 2. The molecule has 0 radical (unpaired) electrons. The van der Waals surface area contributed by atoms with E-state index in [9.17, 15) is 9.59 Å². The summed E-state index contributed by atoms with van der Waals surface area (Å²) in [6, 6.07) is 7.95. The van der Waals surface area contributed by atoms with Gasteiger partial charge in [0, 0.05) is 12.0 Å². The maximum atomic E-state index is 12.6. The SMILES string of the molecule is Cc1ccc(CC(=S)Oc2c(C(=O)OC(C)C)sc(C(=O)OC(C)C)c2C)cc1. The van der Waals surface area contributed by atoms with Crippen LogP contribution in [0.15, 0.2) is 24.3 Å². The molecule has 0 N–H and O–H groups in total. The van der Waals surface area contributed by atoms with Crippen molar-refractivity contribution in [3.8, 4) is 5.75 Å². The van der Waals surface area contributed by atoms with Gasteiger partial charge in [-0.1, -0.05) is 29.8 Å². The third-order valence-corrected chi connectivity index (χ3v) is 5.29. The summed E-state index contributed by atoms with van der Waals surface area (Å²) in [6.45, 7) is 10.8. The van der Waals surface area contributed by atoms with Crippen LogP contribution in [0.4, 0.5) is 0 Å². The monoisotopic (exact) mass is 434 g/mol. The molecule has 2 aromatic rings. The first-order valence-corrected chi connectivity index (χ1v) is 10.6. The predicted octanol–water partition coefficient (Wildman–Crippen LogP) is 5.44. The Morgan fingerprint density at radius 2 is 1.45 bits per heavy atom. The molecule has 7 heteroatoms. The summed E-state index contributed by atoms with van der Waals surface area (Å²) in [5.74, 6) is -0.793. The summed E-state index contributed by atoms with van der Waals surface area (Å²) in [4.78, 5) is 25.5. The Hall–Kier alpha value is -2.25. The zero-order valence-corrected chi connectivity index (χ0v) is 19.2. The van der Waals surface area contributed by atoms with Gasteiger partial charge in [0.2, 0.25) is 0 Å². The Bertz CT molecular complexity index is 895. The zero-order valence-electron chi connectivity index (χ0n) is 17.5. The number of benzene rings is 1. The van der Waals surface area contributed by atoms with Crippen molar-refractivity contribution in [2.24, 2.45) is 0 Å². The van der Waals surface area contributed by atoms with E-state index in [0.29, 0.717) is 21.9 Å². The second-order valence-corrected chi connectivity index (χ2v) is 8.73. The molecule has 0 aliphatic heterocycles. The highest BCUT2D eigenvalue weighted by Gasteiger charge is 2.29. The van der Waals surface area contributed by atoms with Crippen LogP contribution in [0.3, 0.4) is 0 Å². The first-order valence-electron chi connectivity index (χ1n) is 9.40. The summed E-state index contributed by atoms with van der Waals surface area (Å²) in [6.07, 6.45) is -0.166. The highest BCUT2D eigenvalue weighted by atomic mass is 32.1. The van der Waals surface area contributed by atoms with Gasteiger partial charge < -0.3 is 14.2 Å². The molecule has 1 aromatic carbocycles. The molecule has 0 atom stereocenters. The fourth-order valence-corrected chi connectivity index (χ4v) is 3.76. The van der Waals surface area contributed by atoms with Crippen LogP contribution in [0.1, 0.15) is 63.7 Å². The van der Waals surface area contributed by atoms with Crippen LogP contribution in [0.25, 0.3) is 0 Å². The molecule has 0 aliphatic rings. The largest absolute Gasteiger partial charge is 0.459 e. The average Bonchev–Trinajstić information content (AvgIpc) is 2.93. The van der Waals surface area contributed by atoms with Crippen molar-refractivity contribution in [3.63, 3.8) is 0 Å². The van der Waals surface area contributed by atoms with Crippen LogP contribution in [0.2, 0.25) is 0 Å². The minimum absolute atomic E-state index is 0.207. The zero-order chi connectivity index (χ0) is 21.7. The molecule has 1 heterocycles. The third kappa shape index (κ3) is 6.37. The van der Waals surface area contributed by atoms with Crippen molar-refractivity contribution in [1.29, 1.82) is 0 Å². The minimum Gasteiger partial charge on any atom is -0.459 e. The smallest absolute Gasteiger partial charge is 0.352 e. The van der Waals surface area contributed by atoms with Crippen LogP contribution in [0, 0.1) is 13.8 Å². The van der Waals surface area contributed by atoms with Crippen molar-refractivity contribution in [1.82, 2.24) is 0 Å². The van der Waals surface area contributed by atoms with Gasteiger partial charge in [0.15, 0.2) is 15.7 Å². The number of thiophene rings is 1. The Labute approximate surface area is 181 Å². The summed E-state index contributed by atoms with van der Waals surface area (Å²) in [5.41, 5.74) is 2.67. The summed E-state index contributed by atoms with van der Waals surface area (Å²) >= 11 is 6.41. The van der Waals surface area contributed by atoms with E-state index in [-0.39, 0.29) is 22.8 Å². The average molecular weight is 435 g/mol. The van der Waals surface area contributed by atoms with Crippen LogP contribution in [0.5, 0.6) is 5.75 Å². The predicted molar refractivity (Wildman–Crippen MR) is 118 cm³/mol. The van der Waals surface area contributed by atoms with Gasteiger partial charge in [-0.15, -0.1) is 11.3 Å². The van der Waals surface area contributed by atoms with Crippen molar-refractivity contribution in [2.45, 2.75) is 60.2 Å². The van der Waals surface area contributed by atoms with Crippen LogP contribution in [-0.4, -0.2) is 29.2 Å². The molecule has 5 nitrogen and oxygen atoms in total.